The molecule has 3 fully saturated rings. The maximum Gasteiger partial charge on any atom is 0.220 e. The van der Waals surface area contributed by atoms with Gasteiger partial charge in [-0.1, -0.05) is 36.6 Å². The molecule has 81 heavy (non-hydrogen) atoms. The minimum absolute atomic E-state index is 0.206. The van der Waals surface area contributed by atoms with E-state index >= 15 is 0 Å². The quantitative estimate of drug-likeness (QED) is 0.103. The largest absolute Gasteiger partial charge is 0.487 e. The molecule has 0 bridgehead atoms. The van der Waals surface area contributed by atoms with Crippen LogP contribution < -0.4 is 21.9 Å². The number of aromatic nitrogens is 13. The highest BCUT2D eigenvalue weighted by molar-refractivity contribution is 5.88. The third-order valence-electron chi connectivity index (χ3n) is 14.9. The average molecular weight is 1100 g/mol. The molecule has 0 unspecified atom stereocenters. The Balaban J connectivity index is 0.000000129. The van der Waals surface area contributed by atoms with Gasteiger partial charge in [-0.15, -0.1) is 0 Å². The normalized spacial score (nSPS) is 15.4. The van der Waals surface area contributed by atoms with Crippen LogP contribution in [-0.4, -0.2) is 95.1 Å². The average Bonchev–Trinajstić information content (AvgIpc) is 4.55. The number of ether oxygens (including phenoxy) is 2. The van der Waals surface area contributed by atoms with Gasteiger partial charge in [-0.3, -0.25) is 4.90 Å². The molecular formula is C59H63F2N17O3. The molecule has 9 heterocycles. The predicted molar refractivity (Wildman–Crippen MR) is 303 cm³/mol. The third-order valence-corrected chi connectivity index (χ3v) is 14.9. The van der Waals surface area contributed by atoms with Gasteiger partial charge in [0.25, 0.3) is 0 Å². The Morgan fingerprint density at radius 2 is 1.25 bits per heavy atom. The van der Waals surface area contributed by atoms with Crippen molar-refractivity contribution in [2.75, 3.05) is 43.5 Å². The highest BCUT2D eigenvalue weighted by Crippen LogP contribution is 2.39. The van der Waals surface area contributed by atoms with E-state index < -0.39 is 0 Å². The highest BCUT2D eigenvalue weighted by Gasteiger charge is 2.28. The van der Waals surface area contributed by atoms with Crippen LogP contribution >= 0.6 is 0 Å². The molecule has 0 amide bonds. The monoisotopic (exact) mass is 1100 g/mol. The van der Waals surface area contributed by atoms with Crippen LogP contribution in [0.15, 0.2) is 133 Å². The van der Waals surface area contributed by atoms with Crippen LogP contribution in [0, 0.1) is 18.6 Å². The van der Waals surface area contributed by atoms with Crippen molar-refractivity contribution >= 4 is 28.7 Å². The van der Waals surface area contributed by atoms with Gasteiger partial charge in [0.05, 0.1) is 63.9 Å². The van der Waals surface area contributed by atoms with E-state index in [0.717, 1.165) is 145 Å². The summed E-state index contributed by atoms with van der Waals surface area (Å²) in [6, 6.07) is 27.2. The Hall–Kier alpha value is -9.02. The van der Waals surface area contributed by atoms with Gasteiger partial charge in [0.1, 0.15) is 48.1 Å². The number of benzene rings is 3. The number of hydrogen-bond donors (Lipinski definition) is 3. The van der Waals surface area contributed by atoms with E-state index in [2.05, 4.69) is 59.1 Å². The zero-order valence-corrected chi connectivity index (χ0v) is 44.9. The fourth-order valence-electron chi connectivity index (χ4n) is 10.9. The van der Waals surface area contributed by atoms with Crippen molar-refractivity contribution in [3.63, 3.8) is 0 Å². The number of piperidine rings is 1. The van der Waals surface area contributed by atoms with Gasteiger partial charge in [-0.25, -0.2) is 53.3 Å². The van der Waals surface area contributed by atoms with E-state index in [1.54, 1.807) is 42.9 Å². The first-order chi connectivity index (χ1) is 39.6. The van der Waals surface area contributed by atoms with Crippen LogP contribution in [0.1, 0.15) is 92.9 Å². The molecule has 0 atom stereocenters. The first-order valence-corrected chi connectivity index (χ1v) is 27.3. The Bertz CT molecular complexity index is 3660. The molecule has 2 saturated heterocycles. The number of nitrogen functional groups attached to an aromatic ring is 3. The van der Waals surface area contributed by atoms with E-state index in [-0.39, 0.29) is 35.6 Å². The lowest BCUT2D eigenvalue weighted by Crippen LogP contribution is -2.34. The summed E-state index contributed by atoms with van der Waals surface area (Å²) < 4.78 is 49.4. The van der Waals surface area contributed by atoms with Gasteiger partial charge < -0.3 is 40.3 Å². The van der Waals surface area contributed by atoms with Gasteiger partial charge >= 0.3 is 0 Å². The highest BCUT2D eigenvalue weighted by atomic mass is 19.1. The van der Waals surface area contributed by atoms with Gasteiger partial charge in [-0.05, 0) is 124 Å². The van der Waals surface area contributed by atoms with E-state index in [1.165, 1.54) is 49.9 Å². The molecule has 0 spiro atoms. The Kier molecular flexibility index (Phi) is 16.6. The number of nitrogens with two attached hydrogens (primary N) is 3. The molecule has 0 radical (unpaired) electrons. The standard InChI is InChI=1S/C22H22FN7O.C19H20FN5.C18H21N5O2/c23-16-3-1-15(2-4-16)20-21(19-5-9-25-22(24)27-19)30(14-26-20)18-6-10-29(11-7-18)13-17-8-12-31-28-17;20-14-8-6-13(7-9-14)17-18(16-10-11-22-19(21)24-16)25(12-23-17)15-4-2-1-3-5-15;1-12-3-2-4-14(9-12)25-10-15-16-17(19)20-11-21-18(16)23(22-15)13-5-7-24-8-6-13/h1-5,8-9,12,14,18H,6-7,10-11,13H2,(H2,24,25,27);6-12,15H,1-5H2,(H2,21,22,24);2-4,9,11,13H,5-8,10H2,1H3,(H2,19,20,21). The van der Waals surface area contributed by atoms with Crippen molar-refractivity contribution in [1.82, 2.24) is 68.8 Å². The van der Waals surface area contributed by atoms with Crippen molar-refractivity contribution in [2.24, 2.45) is 0 Å². The number of nitrogens with zero attached hydrogens (tertiary/aromatic N) is 14. The summed E-state index contributed by atoms with van der Waals surface area (Å²) in [6.07, 6.45) is 19.9. The van der Waals surface area contributed by atoms with Crippen LogP contribution in [0.25, 0.3) is 56.3 Å². The molecule has 20 nitrogen and oxygen atoms in total. The first kappa shape index (κ1) is 54.0. The maximum absolute atomic E-state index is 13.5. The van der Waals surface area contributed by atoms with E-state index in [1.807, 2.05) is 66.7 Å². The second-order valence-corrected chi connectivity index (χ2v) is 20.4. The molecule has 1 aliphatic carbocycles. The van der Waals surface area contributed by atoms with Gasteiger partial charge in [0.15, 0.2) is 5.65 Å². The Morgan fingerprint density at radius 3 is 1.81 bits per heavy atom. The number of imidazole rings is 2. The lowest BCUT2D eigenvalue weighted by atomic mass is 9.95. The van der Waals surface area contributed by atoms with Crippen molar-refractivity contribution in [2.45, 2.75) is 96.0 Å². The Labute approximate surface area is 466 Å². The zero-order valence-electron chi connectivity index (χ0n) is 44.9. The van der Waals surface area contributed by atoms with Crippen LogP contribution in [0.2, 0.25) is 0 Å². The fourth-order valence-corrected chi connectivity index (χ4v) is 10.9. The van der Waals surface area contributed by atoms with Gasteiger partial charge in [0, 0.05) is 74.5 Å². The zero-order chi connectivity index (χ0) is 55.7. The van der Waals surface area contributed by atoms with Crippen LogP contribution in [0.3, 0.4) is 0 Å². The molecule has 3 aromatic carbocycles. The number of hydrogen-bond acceptors (Lipinski definition) is 17. The smallest absolute Gasteiger partial charge is 0.220 e. The summed E-state index contributed by atoms with van der Waals surface area (Å²) in [5.41, 5.74) is 27.9. The topological polar surface area (TPSA) is 257 Å². The SMILES string of the molecule is Cc1cccc(OCc2nn(C3CCOCC3)c3ncnc(N)c23)c1.Nc1nccc(-c2c(-c3ccc(F)cc3)ncn2C2CCCCC2)n1.Nc1nccc(-c2c(-c3ccc(F)cc3)ncn2C2CCN(Cc3ccon3)CC2)n1. The summed E-state index contributed by atoms with van der Waals surface area (Å²) in [4.78, 5) is 37.1. The van der Waals surface area contributed by atoms with Crippen molar-refractivity contribution in [3.8, 4) is 51.0 Å². The Morgan fingerprint density at radius 1 is 0.642 bits per heavy atom. The maximum atomic E-state index is 13.5. The van der Waals surface area contributed by atoms with E-state index in [9.17, 15) is 8.78 Å². The van der Waals surface area contributed by atoms with E-state index in [4.69, 9.17) is 36.3 Å². The van der Waals surface area contributed by atoms with E-state index in [0.29, 0.717) is 24.2 Å². The summed E-state index contributed by atoms with van der Waals surface area (Å²) in [5, 5.41) is 9.55. The fraction of sp³-hybridized carbons (Fsp3) is 0.322. The molecule has 6 N–H and O–H groups in total. The van der Waals surface area contributed by atoms with Crippen LogP contribution in [0.5, 0.6) is 5.75 Å². The molecule has 1 saturated carbocycles. The number of anilines is 3. The van der Waals surface area contributed by atoms with Crippen molar-refractivity contribution in [1.29, 1.82) is 0 Å². The molecule has 22 heteroatoms. The van der Waals surface area contributed by atoms with Crippen LogP contribution in [-0.2, 0) is 17.9 Å². The molecule has 10 aromatic rings. The number of halogens is 2. The number of likely N-dealkylation sites (tertiary alicyclic amines) is 1. The minimum Gasteiger partial charge on any atom is -0.487 e. The number of aryl methyl sites for hydroxylation is 1. The lowest BCUT2D eigenvalue weighted by Gasteiger charge is -2.32. The molecule has 416 valence electrons. The number of rotatable bonds is 12. The first-order valence-electron chi connectivity index (χ1n) is 27.3. The summed E-state index contributed by atoms with van der Waals surface area (Å²) in [6.45, 7) is 6.49. The molecule has 3 aliphatic rings. The van der Waals surface area contributed by atoms with Crippen molar-refractivity contribution < 1.29 is 22.8 Å². The summed E-state index contributed by atoms with van der Waals surface area (Å²) in [7, 11) is 0. The summed E-state index contributed by atoms with van der Waals surface area (Å²) >= 11 is 0. The second-order valence-electron chi connectivity index (χ2n) is 20.4. The van der Waals surface area contributed by atoms with Crippen molar-refractivity contribution in [3.05, 3.63) is 157 Å². The van der Waals surface area contributed by atoms with Gasteiger partial charge in [-0.2, -0.15) is 5.10 Å². The molecule has 2 aliphatic heterocycles. The molecule has 7 aromatic heterocycles. The second kappa shape index (κ2) is 25.0. The molecular weight excluding hydrogens is 1030 g/mol. The summed E-state index contributed by atoms with van der Waals surface area (Å²) in [5.74, 6) is 1.14. The molecule has 13 rings (SSSR count). The van der Waals surface area contributed by atoms with Crippen LogP contribution in [0.4, 0.5) is 26.5 Å². The predicted octanol–water partition coefficient (Wildman–Crippen LogP) is 10.4. The van der Waals surface area contributed by atoms with Gasteiger partial charge in [0.2, 0.25) is 11.9 Å². The lowest BCUT2D eigenvalue weighted by molar-refractivity contribution is 0.0671. The minimum atomic E-state index is -0.282. The number of fused-ring (bicyclic) bond motifs is 1. The third kappa shape index (κ3) is 12.7.